The second-order valence-corrected chi connectivity index (χ2v) is 7.05. The van der Waals surface area contributed by atoms with Crippen molar-refractivity contribution in [2.45, 2.75) is 70.9 Å². The van der Waals surface area contributed by atoms with E-state index in [0.717, 1.165) is 25.1 Å². The Balaban J connectivity index is 1.89. The van der Waals surface area contributed by atoms with E-state index in [1.165, 1.54) is 19.3 Å². The first-order valence-corrected chi connectivity index (χ1v) is 8.70. The van der Waals surface area contributed by atoms with Gasteiger partial charge in [-0.2, -0.15) is 0 Å². The zero-order valence-electron chi connectivity index (χ0n) is 14.5. The quantitative estimate of drug-likeness (QED) is 0.820. The van der Waals surface area contributed by atoms with Crippen LogP contribution in [-0.2, 0) is 9.63 Å². The lowest BCUT2D eigenvalue weighted by molar-refractivity contribution is -0.132. The van der Waals surface area contributed by atoms with Gasteiger partial charge in [-0.05, 0) is 32.4 Å². The molecule has 1 N–H and O–H groups in total. The van der Waals surface area contributed by atoms with Crippen molar-refractivity contribution >= 4 is 11.6 Å². The van der Waals surface area contributed by atoms with Gasteiger partial charge < -0.3 is 10.2 Å². The van der Waals surface area contributed by atoms with E-state index < -0.39 is 6.10 Å². The molecule has 1 fully saturated rings. The second kappa shape index (κ2) is 7.44. The molecule has 0 aromatic rings. The van der Waals surface area contributed by atoms with E-state index in [4.69, 9.17) is 4.84 Å². The van der Waals surface area contributed by atoms with Gasteiger partial charge in [0.05, 0.1) is 5.71 Å². The molecule has 1 heterocycles. The minimum absolute atomic E-state index is 0.0196. The number of amides is 1. The number of carbonyl (C=O) groups excluding carboxylic acids is 1. The van der Waals surface area contributed by atoms with Gasteiger partial charge in [-0.3, -0.25) is 9.69 Å². The number of nitrogens with one attached hydrogen (secondary N) is 1. The van der Waals surface area contributed by atoms with Gasteiger partial charge in [0.15, 0.2) is 0 Å². The maximum absolute atomic E-state index is 12.4. The van der Waals surface area contributed by atoms with Crippen LogP contribution >= 0.6 is 0 Å². The number of carbonyl (C=O) groups is 1. The topological polar surface area (TPSA) is 53.9 Å². The average Bonchev–Trinajstić information content (AvgIpc) is 3.03. The minimum atomic E-state index is -0.440. The van der Waals surface area contributed by atoms with Crippen molar-refractivity contribution in [3.05, 3.63) is 0 Å². The summed E-state index contributed by atoms with van der Waals surface area (Å²) < 4.78 is 0. The molecule has 5 heteroatoms. The van der Waals surface area contributed by atoms with Gasteiger partial charge in [-0.1, -0.05) is 45.2 Å². The Hall–Kier alpha value is -1.10. The summed E-state index contributed by atoms with van der Waals surface area (Å²) >= 11 is 0. The van der Waals surface area contributed by atoms with Crippen LogP contribution in [-0.4, -0.2) is 48.3 Å². The lowest BCUT2D eigenvalue weighted by atomic mass is 9.80. The molecule has 2 rings (SSSR count). The first-order chi connectivity index (χ1) is 10.5. The van der Waals surface area contributed by atoms with E-state index in [-0.39, 0.29) is 11.4 Å². The van der Waals surface area contributed by atoms with Gasteiger partial charge in [0.2, 0.25) is 6.10 Å². The Bertz CT molecular complexity index is 414. The SMILES string of the molecule is CCN(C)C1(CNC(=O)[C@@H]2CC(C(C)C)=NO2)CCCCC1. The molecular formula is C17H31N3O2. The third kappa shape index (κ3) is 3.80. The van der Waals surface area contributed by atoms with E-state index >= 15 is 0 Å². The fourth-order valence-electron chi connectivity index (χ4n) is 3.48. The summed E-state index contributed by atoms with van der Waals surface area (Å²) in [6.45, 7) is 8.07. The first-order valence-electron chi connectivity index (χ1n) is 8.70. The summed E-state index contributed by atoms with van der Waals surface area (Å²) in [6.07, 6.45) is 6.32. The van der Waals surface area contributed by atoms with Gasteiger partial charge in [0.25, 0.3) is 5.91 Å². The highest BCUT2D eigenvalue weighted by Gasteiger charge is 2.37. The van der Waals surface area contributed by atoms with Gasteiger partial charge in [-0.25, -0.2) is 0 Å². The van der Waals surface area contributed by atoms with Gasteiger partial charge in [0.1, 0.15) is 0 Å². The van der Waals surface area contributed by atoms with Gasteiger partial charge in [-0.15, -0.1) is 0 Å². The van der Waals surface area contributed by atoms with Crippen LogP contribution in [0, 0.1) is 5.92 Å². The summed E-state index contributed by atoms with van der Waals surface area (Å²) in [5.74, 6) is 0.322. The summed E-state index contributed by atoms with van der Waals surface area (Å²) in [5, 5.41) is 7.18. The van der Waals surface area contributed by atoms with Crippen molar-refractivity contribution < 1.29 is 9.63 Å². The number of nitrogens with zero attached hydrogens (tertiary/aromatic N) is 2. The van der Waals surface area contributed by atoms with Gasteiger partial charge in [0, 0.05) is 18.5 Å². The average molecular weight is 309 g/mol. The summed E-state index contributed by atoms with van der Waals surface area (Å²) in [7, 11) is 2.17. The molecule has 0 radical (unpaired) electrons. The van der Waals surface area contributed by atoms with E-state index in [9.17, 15) is 4.79 Å². The largest absolute Gasteiger partial charge is 0.382 e. The molecule has 0 spiro atoms. The molecule has 0 unspecified atom stereocenters. The fraction of sp³-hybridized carbons (Fsp3) is 0.882. The van der Waals surface area contributed by atoms with E-state index in [0.29, 0.717) is 18.9 Å². The normalized spacial score (nSPS) is 24.3. The predicted molar refractivity (Wildman–Crippen MR) is 88.9 cm³/mol. The molecule has 1 aliphatic carbocycles. The van der Waals surface area contributed by atoms with Crippen molar-refractivity contribution in [3.63, 3.8) is 0 Å². The third-order valence-electron chi connectivity index (χ3n) is 5.31. The smallest absolute Gasteiger partial charge is 0.264 e. The van der Waals surface area contributed by atoms with Crippen LogP contribution in [0.4, 0.5) is 0 Å². The van der Waals surface area contributed by atoms with Crippen LogP contribution in [0.2, 0.25) is 0 Å². The summed E-state index contributed by atoms with van der Waals surface area (Å²) in [5.41, 5.74) is 1.10. The van der Waals surface area contributed by atoms with Crippen LogP contribution in [0.1, 0.15) is 59.3 Å². The van der Waals surface area contributed by atoms with E-state index in [2.05, 4.69) is 43.2 Å². The molecule has 126 valence electrons. The maximum Gasteiger partial charge on any atom is 0.264 e. The van der Waals surface area contributed by atoms with Crippen LogP contribution in [0.25, 0.3) is 0 Å². The minimum Gasteiger partial charge on any atom is -0.382 e. The molecule has 1 amide bonds. The first kappa shape index (κ1) is 17.3. The molecule has 0 saturated heterocycles. The number of likely N-dealkylation sites (N-methyl/N-ethyl adjacent to an activating group) is 1. The lowest BCUT2D eigenvalue weighted by Gasteiger charge is -2.44. The Morgan fingerprint density at radius 2 is 2.09 bits per heavy atom. The molecule has 1 atom stereocenters. The lowest BCUT2D eigenvalue weighted by Crippen LogP contribution is -2.56. The van der Waals surface area contributed by atoms with Gasteiger partial charge >= 0.3 is 0 Å². The number of oxime groups is 1. The Morgan fingerprint density at radius 1 is 1.41 bits per heavy atom. The Morgan fingerprint density at radius 3 is 2.64 bits per heavy atom. The number of rotatable bonds is 6. The molecule has 0 bridgehead atoms. The van der Waals surface area contributed by atoms with E-state index in [1.54, 1.807) is 0 Å². The molecule has 0 aromatic heterocycles. The highest BCUT2D eigenvalue weighted by Crippen LogP contribution is 2.32. The Labute approximate surface area is 134 Å². The van der Waals surface area contributed by atoms with Crippen molar-refractivity contribution in [2.75, 3.05) is 20.1 Å². The highest BCUT2D eigenvalue weighted by molar-refractivity contribution is 5.93. The maximum atomic E-state index is 12.4. The zero-order chi connectivity index (χ0) is 16.2. The zero-order valence-corrected chi connectivity index (χ0v) is 14.5. The summed E-state index contributed by atoms with van der Waals surface area (Å²) in [6, 6.07) is 0. The molecule has 2 aliphatic rings. The van der Waals surface area contributed by atoms with Crippen molar-refractivity contribution in [3.8, 4) is 0 Å². The third-order valence-corrected chi connectivity index (χ3v) is 5.31. The highest BCUT2D eigenvalue weighted by atomic mass is 16.6. The van der Waals surface area contributed by atoms with Crippen molar-refractivity contribution in [1.29, 1.82) is 0 Å². The number of hydrogen-bond donors (Lipinski definition) is 1. The van der Waals surface area contributed by atoms with Crippen LogP contribution in [0.5, 0.6) is 0 Å². The Kier molecular flexibility index (Phi) is 5.84. The molecule has 22 heavy (non-hydrogen) atoms. The predicted octanol–water partition coefficient (Wildman–Crippen LogP) is 2.56. The van der Waals surface area contributed by atoms with E-state index in [1.807, 2.05) is 0 Å². The van der Waals surface area contributed by atoms with Crippen molar-refractivity contribution in [1.82, 2.24) is 10.2 Å². The fourth-order valence-corrected chi connectivity index (χ4v) is 3.48. The molecular weight excluding hydrogens is 278 g/mol. The number of hydrogen-bond acceptors (Lipinski definition) is 4. The van der Waals surface area contributed by atoms with Crippen LogP contribution < -0.4 is 5.32 Å². The molecule has 0 aromatic carbocycles. The summed E-state index contributed by atoms with van der Waals surface area (Å²) in [4.78, 5) is 20.1. The standard InChI is InChI=1S/C17H31N3O2/c1-5-20(4)17(9-7-6-8-10-17)12-18-16(21)15-11-14(13(2)3)19-22-15/h13,15H,5-12H2,1-4H3,(H,18,21)/t15-/m0/s1. The molecule has 5 nitrogen and oxygen atoms in total. The molecule has 1 saturated carbocycles. The monoisotopic (exact) mass is 309 g/mol. The second-order valence-electron chi connectivity index (χ2n) is 7.05. The molecule has 1 aliphatic heterocycles. The van der Waals surface area contributed by atoms with Crippen LogP contribution in [0.3, 0.4) is 0 Å². The van der Waals surface area contributed by atoms with Crippen molar-refractivity contribution in [2.24, 2.45) is 11.1 Å². The van der Waals surface area contributed by atoms with Crippen LogP contribution in [0.15, 0.2) is 5.16 Å².